The third-order valence-corrected chi connectivity index (χ3v) is 16.6. The van der Waals surface area contributed by atoms with Crippen molar-refractivity contribution in [3.05, 3.63) is 0 Å². The fourth-order valence-corrected chi connectivity index (χ4v) is 11.6. The minimum Gasteiger partial charge on any atom is -0.379 e. The van der Waals surface area contributed by atoms with E-state index in [-0.39, 0.29) is 177 Å². The lowest BCUT2D eigenvalue weighted by Gasteiger charge is -2.17. The Labute approximate surface area is 531 Å². The number of ether oxygens (including phenoxy) is 2. The second kappa shape index (κ2) is 44.1. The van der Waals surface area contributed by atoms with Crippen molar-refractivity contribution in [1.82, 2.24) is 36.4 Å². The Morgan fingerprint density at radius 3 is 1.11 bits per heavy atom. The first-order chi connectivity index (χ1) is 40.7. The Morgan fingerprint density at radius 2 is 0.736 bits per heavy atom. The Hall–Kier alpha value is -4.41. The van der Waals surface area contributed by atoms with E-state index in [0.29, 0.717) is 75.4 Å². The van der Waals surface area contributed by atoms with Crippen molar-refractivity contribution in [2.75, 3.05) is 83.7 Å². The molecule has 2 aliphatic heterocycles. The molecule has 22 heteroatoms. The van der Waals surface area contributed by atoms with Gasteiger partial charge in [-0.2, -0.15) is 0 Å². The smallest absolute Gasteiger partial charge is 0.242 e. The van der Waals surface area contributed by atoms with Gasteiger partial charge in [0.25, 0.3) is 0 Å². The van der Waals surface area contributed by atoms with Crippen molar-refractivity contribution in [3.63, 3.8) is 0 Å². The van der Waals surface area contributed by atoms with E-state index in [1.807, 2.05) is 41.5 Å². The summed E-state index contributed by atoms with van der Waals surface area (Å²) in [4.78, 5) is 136. The van der Waals surface area contributed by atoms with Crippen LogP contribution in [0.4, 0.5) is 0 Å². The predicted octanol–water partition coefficient (Wildman–Crippen LogP) is 8.82. The SMILES string of the molecule is CC(C)(C)CCCCCCSC1CC(=O)N(CCC(=O)NCCOCCC(=O)CCCNC(=O)CC(C)(C)C)C1=O.CC(C)(C)CCCCCCSC1CC(=O)N(CCC(=O)NCCOCCNC(=O)CCC(=O)CCCNC(=O)CC(C)(C)C)C1=O. The van der Waals surface area contributed by atoms with Crippen molar-refractivity contribution in [3.8, 4) is 0 Å². The minimum absolute atomic E-state index is 0.000343. The first kappa shape index (κ1) is 80.6. The van der Waals surface area contributed by atoms with Gasteiger partial charge in [-0.1, -0.05) is 122 Å². The largest absolute Gasteiger partial charge is 0.379 e. The molecule has 5 N–H and O–H groups in total. The minimum atomic E-state index is -0.344. The maximum absolute atomic E-state index is 12.7. The summed E-state index contributed by atoms with van der Waals surface area (Å²) in [7, 11) is 0. The predicted molar refractivity (Wildman–Crippen MR) is 347 cm³/mol. The molecule has 0 aromatic heterocycles. The lowest BCUT2D eigenvalue weighted by molar-refractivity contribution is -0.140. The van der Waals surface area contributed by atoms with Gasteiger partial charge in [-0.15, -0.1) is 23.5 Å². The zero-order chi connectivity index (χ0) is 65.5. The van der Waals surface area contributed by atoms with Gasteiger partial charge in [0.2, 0.25) is 53.2 Å². The van der Waals surface area contributed by atoms with Crippen LogP contribution in [0.25, 0.3) is 0 Å². The lowest BCUT2D eigenvalue weighted by Crippen LogP contribution is -2.36. The summed E-state index contributed by atoms with van der Waals surface area (Å²) < 4.78 is 10.9. The molecule has 500 valence electrons. The number of thioether (sulfide) groups is 2. The van der Waals surface area contributed by atoms with Crippen molar-refractivity contribution in [1.29, 1.82) is 0 Å². The highest BCUT2D eigenvalue weighted by Crippen LogP contribution is 2.29. The molecular formula is C65H115N7O13S2. The molecule has 2 unspecified atom stereocenters. The van der Waals surface area contributed by atoms with Gasteiger partial charge in [0.05, 0.1) is 36.9 Å². The molecule has 0 aromatic carbocycles. The number of carbonyl (C=O) groups excluding carboxylic acids is 11. The average Bonchev–Trinajstić information content (AvgIpc) is 2.11. The second-order valence-corrected chi connectivity index (χ2v) is 30.4. The molecule has 0 saturated carbocycles. The van der Waals surface area contributed by atoms with Gasteiger partial charge < -0.3 is 36.1 Å². The van der Waals surface area contributed by atoms with Gasteiger partial charge in [-0.05, 0) is 71.7 Å². The lowest BCUT2D eigenvalue weighted by atomic mass is 9.89. The van der Waals surface area contributed by atoms with Crippen LogP contribution in [-0.2, 0) is 62.2 Å². The van der Waals surface area contributed by atoms with E-state index in [1.54, 1.807) is 23.5 Å². The molecule has 87 heavy (non-hydrogen) atoms. The molecule has 0 bridgehead atoms. The standard InChI is InChI=1S/C34H60N4O7S.C31H55N3O6S/c1-33(2,3)16-9-7-8-10-23-46-27-24-31(43)38(32(27)44)20-15-29(41)37-19-22-45-21-18-36-28(40)14-13-26(39)12-11-17-35-30(42)25-34(4,5)6;1-30(2,3)15-9-7-8-10-21-41-25-22-28(38)34(29(25)39)18-13-26(36)33-17-20-40-19-14-24(35)12-11-16-32-27(37)23-31(4,5)6/h27H,7-25H2,1-6H3,(H,35,42)(H,36,40)(H,37,41);25H,7-23H2,1-6H3,(H,32,37)(H,33,36). The zero-order valence-corrected chi connectivity index (χ0v) is 57.3. The number of Topliss-reactive ketones (excluding diaryl/α,β-unsaturated/α-hetero) is 2. The summed E-state index contributed by atoms with van der Waals surface area (Å²) in [5, 5.41) is 13.1. The topological polar surface area (TPSA) is 273 Å². The van der Waals surface area contributed by atoms with Gasteiger partial charge in [0, 0.05) is 116 Å². The average molecular weight is 1270 g/mol. The molecular weight excluding hydrogens is 1150 g/mol. The highest BCUT2D eigenvalue weighted by Gasteiger charge is 2.39. The van der Waals surface area contributed by atoms with E-state index < -0.39 is 0 Å². The van der Waals surface area contributed by atoms with Gasteiger partial charge in [0.15, 0.2) is 0 Å². The second-order valence-electron chi connectivity index (χ2n) is 27.8. The van der Waals surface area contributed by atoms with E-state index in [0.717, 1.165) is 37.2 Å². The van der Waals surface area contributed by atoms with Crippen LogP contribution in [0.2, 0.25) is 0 Å². The third-order valence-electron chi connectivity index (χ3n) is 14.0. The Morgan fingerprint density at radius 1 is 0.391 bits per heavy atom. The molecule has 2 rings (SSSR count). The van der Waals surface area contributed by atoms with Crippen LogP contribution < -0.4 is 26.6 Å². The molecule has 0 spiro atoms. The van der Waals surface area contributed by atoms with Crippen molar-refractivity contribution >= 4 is 88.3 Å². The number of hydrogen-bond acceptors (Lipinski definition) is 15. The van der Waals surface area contributed by atoms with E-state index >= 15 is 0 Å². The van der Waals surface area contributed by atoms with Gasteiger partial charge in [-0.3, -0.25) is 62.5 Å². The number of ketones is 2. The number of hydrogen-bond donors (Lipinski definition) is 5. The third kappa shape index (κ3) is 44.6. The highest BCUT2D eigenvalue weighted by molar-refractivity contribution is 8.00. The summed E-state index contributed by atoms with van der Waals surface area (Å²) in [5.74, 6) is 0.230. The number of imide groups is 2. The quantitative estimate of drug-likeness (QED) is 0.0281. The van der Waals surface area contributed by atoms with Crippen molar-refractivity contribution in [2.45, 2.75) is 241 Å². The number of nitrogens with one attached hydrogen (secondary N) is 5. The molecule has 20 nitrogen and oxygen atoms in total. The van der Waals surface area contributed by atoms with Gasteiger partial charge in [-0.25, -0.2) is 0 Å². The summed E-state index contributed by atoms with van der Waals surface area (Å²) in [6, 6.07) is 0. The van der Waals surface area contributed by atoms with Crippen LogP contribution in [0, 0.1) is 21.7 Å². The number of nitrogens with zero attached hydrogens (tertiary/aromatic N) is 2. The van der Waals surface area contributed by atoms with Crippen LogP contribution in [0.1, 0.15) is 231 Å². The number of unbranched alkanes of at least 4 members (excludes halogenated alkanes) is 6. The van der Waals surface area contributed by atoms with Crippen molar-refractivity contribution < 1.29 is 62.2 Å². The van der Waals surface area contributed by atoms with Crippen LogP contribution in [-0.4, -0.2) is 169 Å². The van der Waals surface area contributed by atoms with Crippen LogP contribution in [0.15, 0.2) is 0 Å². The van der Waals surface area contributed by atoms with Crippen LogP contribution in [0.3, 0.4) is 0 Å². The van der Waals surface area contributed by atoms with Gasteiger partial charge >= 0.3 is 0 Å². The summed E-state index contributed by atoms with van der Waals surface area (Å²) in [6.07, 6.45) is 15.4. The van der Waals surface area contributed by atoms with E-state index in [2.05, 4.69) is 68.1 Å². The Kier molecular flexibility index (Phi) is 40.9. The zero-order valence-electron chi connectivity index (χ0n) is 55.6. The molecule has 2 fully saturated rings. The van der Waals surface area contributed by atoms with E-state index in [9.17, 15) is 52.7 Å². The molecule has 2 heterocycles. The molecule has 2 aliphatic rings. The molecule has 2 saturated heterocycles. The number of amides is 9. The summed E-state index contributed by atoms with van der Waals surface area (Å²) in [6.45, 7) is 28.5. The maximum Gasteiger partial charge on any atom is 0.242 e. The Bertz CT molecular complexity index is 2130. The fourth-order valence-electron chi connectivity index (χ4n) is 9.20. The van der Waals surface area contributed by atoms with E-state index in [4.69, 9.17) is 9.47 Å². The molecule has 0 aromatic rings. The maximum atomic E-state index is 12.7. The molecule has 9 amide bonds. The normalized spacial score (nSPS) is 15.5. The van der Waals surface area contributed by atoms with Gasteiger partial charge in [0.1, 0.15) is 11.6 Å². The first-order valence-electron chi connectivity index (χ1n) is 32.2. The Balaban J connectivity index is 0.000000876. The fraction of sp³-hybridized carbons (Fsp3) is 0.831. The molecule has 0 aliphatic carbocycles. The highest BCUT2D eigenvalue weighted by atomic mass is 32.2. The first-order valence-corrected chi connectivity index (χ1v) is 34.3. The van der Waals surface area contributed by atoms with E-state index in [1.165, 1.54) is 48.3 Å². The monoisotopic (exact) mass is 1270 g/mol. The number of carbonyl (C=O) groups is 11. The summed E-state index contributed by atoms with van der Waals surface area (Å²) in [5.41, 5.74) is 0.596. The van der Waals surface area contributed by atoms with Crippen molar-refractivity contribution in [2.24, 2.45) is 21.7 Å². The molecule has 2 atom stereocenters. The van der Waals surface area contributed by atoms with Crippen LogP contribution >= 0.6 is 23.5 Å². The summed E-state index contributed by atoms with van der Waals surface area (Å²) >= 11 is 3.11. The molecule has 0 radical (unpaired) electrons. The van der Waals surface area contributed by atoms with Crippen LogP contribution in [0.5, 0.6) is 0 Å². The number of rotatable bonds is 45. The number of likely N-dealkylation sites (tertiary alicyclic amines) is 2.